The van der Waals surface area contributed by atoms with Crippen molar-refractivity contribution in [1.29, 1.82) is 0 Å². The van der Waals surface area contributed by atoms with Gasteiger partial charge in [-0.25, -0.2) is 4.99 Å². The minimum absolute atomic E-state index is 0.0203. The maximum absolute atomic E-state index is 12.3. The average Bonchev–Trinajstić information content (AvgIpc) is 2.65. The molecule has 0 radical (unpaired) electrons. The van der Waals surface area contributed by atoms with E-state index in [-0.39, 0.29) is 19.1 Å². The molecule has 164 valence electrons. The molecule has 0 bridgehead atoms. The molecule has 0 aliphatic carbocycles. The Morgan fingerprint density at radius 1 is 1.17 bits per heavy atom. The summed E-state index contributed by atoms with van der Waals surface area (Å²) in [7, 11) is 1.80. The van der Waals surface area contributed by atoms with E-state index in [1.54, 1.807) is 35.0 Å². The zero-order valence-electron chi connectivity index (χ0n) is 17.6. The molecule has 0 spiro atoms. The molecule has 0 saturated heterocycles. The third-order valence-corrected chi connectivity index (χ3v) is 4.12. The molecule has 1 amide bonds. The Hall–Kier alpha value is -2.29. The second-order valence-electron chi connectivity index (χ2n) is 6.52. The van der Waals surface area contributed by atoms with Gasteiger partial charge in [0.15, 0.2) is 5.96 Å². The molecule has 1 aromatic carbocycles. The van der Waals surface area contributed by atoms with Crippen LogP contribution in [-0.4, -0.2) is 67.7 Å². The molecule has 0 fully saturated rings. The number of halogens is 3. The van der Waals surface area contributed by atoms with Crippen LogP contribution in [0.5, 0.6) is 0 Å². The first-order valence-corrected chi connectivity index (χ1v) is 9.69. The standard InChI is InChI=1S/C20H31F3N4O2/c1-5-24-19(26(4)13-18(28)27(6-2)7-3)25-12-16-9-8-10-17(11-16)14-29-15-20(21,22)23/h8-11H,5-7,12-15H2,1-4H3,(H,24,25). The van der Waals surface area contributed by atoms with Gasteiger partial charge in [-0.1, -0.05) is 24.3 Å². The normalized spacial score (nSPS) is 12.0. The molecule has 9 heteroatoms. The van der Waals surface area contributed by atoms with E-state index in [0.29, 0.717) is 37.7 Å². The number of aliphatic imine (C=N–C) groups is 1. The van der Waals surface area contributed by atoms with E-state index in [1.165, 1.54) is 0 Å². The molecule has 1 rings (SSSR count). The molecule has 1 aromatic rings. The number of ether oxygens (including phenoxy) is 1. The summed E-state index contributed by atoms with van der Waals surface area (Å²) in [4.78, 5) is 20.4. The fourth-order valence-corrected chi connectivity index (χ4v) is 2.69. The second-order valence-corrected chi connectivity index (χ2v) is 6.52. The van der Waals surface area contributed by atoms with Crippen LogP contribution in [0, 0.1) is 0 Å². The first-order valence-electron chi connectivity index (χ1n) is 9.69. The molecular weight excluding hydrogens is 385 g/mol. The second kappa shape index (κ2) is 12.3. The van der Waals surface area contributed by atoms with Crippen LogP contribution in [0.1, 0.15) is 31.9 Å². The SMILES string of the molecule is CCNC(=NCc1cccc(COCC(F)(F)F)c1)N(C)CC(=O)N(CC)CC. The Morgan fingerprint density at radius 3 is 2.41 bits per heavy atom. The van der Waals surface area contributed by atoms with Gasteiger partial charge in [-0.05, 0) is 31.9 Å². The van der Waals surface area contributed by atoms with Gasteiger partial charge < -0.3 is 19.9 Å². The lowest BCUT2D eigenvalue weighted by molar-refractivity contribution is -0.176. The average molecular weight is 416 g/mol. The van der Waals surface area contributed by atoms with Gasteiger partial charge in [-0.2, -0.15) is 13.2 Å². The van der Waals surface area contributed by atoms with Crippen molar-refractivity contribution < 1.29 is 22.7 Å². The Morgan fingerprint density at radius 2 is 1.83 bits per heavy atom. The van der Waals surface area contributed by atoms with Gasteiger partial charge in [0.2, 0.25) is 5.91 Å². The van der Waals surface area contributed by atoms with Crippen LogP contribution in [0.15, 0.2) is 29.3 Å². The van der Waals surface area contributed by atoms with E-state index in [4.69, 9.17) is 4.74 Å². The number of nitrogens with one attached hydrogen (secondary N) is 1. The Labute approximate surface area is 170 Å². The summed E-state index contributed by atoms with van der Waals surface area (Å²) in [5.41, 5.74) is 1.49. The number of carbonyl (C=O) groups is 1. The van der Waals surface area contributed by atoms with E-state index in [2.05, 4.69) is 10.3 Å². The summed E-state index contributed by atoms with van der Waals surface area (Å²) in [6, 6.07) is 7.09. The van der Waals surface area contributed by atoms with Gasteiger partial charge in [0, 0.05) is 26.7 Å². The maximum Gasteiger partial charge on any atom is 0.411 e. The fraction of sp³-hybridized carbons (Fsp3) is 0.600. The molecule has 0 heterocycles. The van der Waals surface area contributed by atoms with Gasteiger partial charge in [-0.3, -0.25) is 4.79 Å². The Bertz CT molecular complexity index is 661. The summed E-state index contributed by atoms with van der Waals surface area (Å²) >= 11 is 0. The molecular formula is C20H31F3N4O2. The fourth-order valence-electron chi connectivity index (χ4n) is 2.69. The number of nitrogens with zero attached hydrogens (tertiary/aromatic N) is 3. The molecule has 29 heavy (non-hydrogen) atoms. The summed E-state index contributed by atoms with van der Waals surface area (Å²) in [6.07, 6.45) is -4.34. The van der Waals surface area contributed by atoms with Crippen LogP contribution in [0.2, 0.25) is 0 Å². The Balaban J connectivity index is 2.75. The summed E-state index contributed by atoms with van der Waals surface area (Å²) in [5.74, 6) is 0.610. The number of hydrogen-bond donors (Lipinski definition) is 1. The number of benzene rings is 1. The maximum atomic E-state index is 12.3. The highest BCUT2D eigenvalue weighted by atomic mass is 19.4. The number of likely N-dealkylation sites (N-methyl/N-ethyl adjacent to an activating group) is 2. The predicted molar refractivity (Wildman–Crippen MR) is 108 cm³/mol. The van der Waals surface area contributed by atoms with Crippen molar-refractivity contribution in [3.05, 3.63) is 35.4 Å². The van der Waals surface area contributed by atoms with E-state index < -0.39 is 12.8 Å². The molecule has 0 aliphatic rings. The number of hydrogen-bond acceptors (Lipinski definition) is 3. The lowest BCUT2D eigenvalue weighted by Gasteiger charge is -2.25. The lowest BCUT2D eigenvalue weighted by Crippen LogP contribution is -2.45. The third kappa shape index (κ3) is 9.65. The van der Waals surface area contributed by atoms with E-state index in [0.717, 1.165) is 5.56 Å². The highest BCUT2D eigenvalue weighted by molar-refractivity contribution is 5.86. The summed E-state index contributed by atoms with van der Waals surface area (Å²) < 4.78 is 41.3. The first kappa shape index (κ1) is 24.7. The van der Waals surface area contributed by atoms with E-state index in [9.17, 15) is 18.0 Å². The number of amides is 1. The number of alkyl halides is 3. The van der Waals surface area contributed by atoms with E-state index >= 15 is 0 Å². The van der Waals surface area contributed by atoms with E-state index in [1.807, 2.05) is 26.8 Å². The van der Waals surface area contributed by atoms with Crippen molar-refractivity contribution >= 4 is 11.9 Å². The van der Waals surface area contributed by atoms with Crippen molar-refractivity contribution in [2.24, 2.45) is 4.99 Å². The molecule has 0 atom stereocenters. The first-order chi connectivity index (χ1) is 13.7. The van der Waals surface area contributed by atoms with Crippen molar-refractivity contribution in [2.75, 3.05) is 39.8 Å². The zero-order valence-corrected chi connectivity index (χ0v) is 17.6. The van der Waals surface area contributed by atoms with Gasteiger partial charge in [-0.15, -0.1) is 0 Å². The highest BCUT2D eigenvalue weighted by Gasteiger charge is 2.27. The zero-order chi connectivity index (χ0) is 21.9. The highest BCUT2D eigenvalue weighted by Crippen LogP contribution is 2.16. The molecule has 0 unspecified atom stereocenters. The topological polar surface area (TPSA) is 57.2 Å². The number of carbonyl (C=O) groups excluding carboxylic acids is 1. The van der Waals surface area contributed by atoms with Crippen LogP contribution in [0.25, 0.3) is 0 Å². The van der Waals surface area contributed by atoms with Gasteiger partial charge >= 0.3 is 6.18 Å². The van der Waals surface area contributed by atoms with Crippen molar-refractivity contribution in [2.45, 2.75) is 40.1 Å². The number of rotatable bonds is 10. The summed E-state index contributed by atoms with van der Waals surface area (Å²) in [6.45, 7) is 6.92. The largest absolute Gasteiger partial charge is 0.411 e. The molecule has 1 N–H and O–H groups in total. The Kier molecular flexibility index (Phi) is 10.5. The van der Waals surface area contributed by atoms with Gasteiger partial charge in [0.05, 0.1) is 19.7 Å². The minimum Gasteiger partial charge on any atom is -0.367 e. The van der Waals surface area contributed by atoms with Crippen LogP contribution in [-0.2, 0) is 22.7 Å². The summed E-state index contributed by atoms with van der Waals surface area (Å²) in [5, 5.41) is 3.15. The lowest BCUT2D eigenvalue weighted by atomic mass is 10.1. The van der Waals surface area contributed by atoms with Crippen LogP contribution in [0.4, 0.5) is 13.2 Å². The van der Waals surface area contributed by atoms with Crippen molar-refractivity contribution in [1.82, 2.24) is 15.1 Å². The van der Waals surface area contributed by atoms with Crippen LogP contribution in [0.3, 0.4) is 0 Å². The van der Waals surface area contributed by atoms with Gasteiger partial charge in [0.25, 0.3) is 0 Å². The molecule has 6 nitrogen and oxygen atoms in total. The van der Waals surface area contributed by atoms with Crippen LogP contribution >= 0.6 is 0 Å². The van der Waals surface area contributed by atoms with Crippen molar-refractivity contribution in [3.8, 4) is 0 Å². The predicted octanol–water partition coefficient (Wildman–Crippen LogP) is 3.03. The van der Waals surface area contributed by atoms with Crippen LogP contribution < -0.4 is 5.32 Å². The van der Waals surface area contributed by atoms with Crippen molar-refractivity contribution in [3.63, 3.8) is 0 Å². The molecule has 0 aliphatic heterocycles. The van der Waals surface area contributed by atoms with Gasteiger partial charge in [0.1, 0.15) is 6.61 Å². The smallest absolute Gasteiger partial charge is 0.367 e. The number of guanidine groups is 1. The molecule has 0 saturated carbocycles. The monoisotopic (exact) mass is 416 g/mol. The third-order valence-electron chi connectivity index (χ3n) is 4.12. The quantitative estimate of drug-likeness (QED) is 0.471. The minimum atomic E-state index is -4.34. The molecule has 0 aromatic heterocycles.